The van der Waals surface area contributed by atoms with E-state index in [4.69, 9.17) is 18.9 Å². The van der Waals surface area contributed by atoms with Gasteiger partial charge in [-0.25, -0.2) is 18.4 Å². The zero-order chi connectivity index (χ0) is 35.2. The molecule has 0 aliphatic carbocycles. The van der Waals surface area contributed by atoms with Gasteiger partial charge in [-0.2, -0.15) is 0 Å². The number of nitrogens with one attached hydrogen (secondary N) is 1. The van der Waals surface area contributed by atoms with Gasteiger partial charge in [0.2, 0.25) is 0 Å². The fourth-order valence-corrected chi connectivity index (χ4v) is 6.18. The second-order valence-electron chi connectivity index (χ2n) is 13.0. The van der Waals surface area contributed by atoms with Crippen molar-refractivity contribution in [3.63, 3.8) is 0 Å². The number of halogens is 2. The van der Waals surface area contributed by atoms with E-state index in [1.54, 1.807) is 24.3 Å². The number of esters is 1. The quantitative estimate of drug-likeness (QED) is 0.219. The lowest BCUT2D eigenvalue weighted by Crippen LogP contribution is -2.49. The average molecular weight is 689 g/mol. The lowest BCUT2D eigenvalue weighted by molar-refractivity contribution is -0.0248. The smallest absolute Gasteiger partial charge is 0.419 e. The largest absolute Gasteiger partial charge is 0.496 e. The Morgan fingerprint density at radius 2 is 1.80 bits per heavy atom. The van der Waals surface area contributed by atoms with Crippen molar-refractivity contribution in [2.75, 3.05) is 65.5 Å². The minimum atomic E-state index is -2.46. The third kappa shape index (κ3) is 9.49. The Hall–Kier alpha value is -3.74. The first-order valence-electron chi connectivity index (χ1n) is 16.6. The Bertz CT molecular complexity index is 1570. The topological polar surface area (TPSA) is 94.5 Å². The predicted octanol–water partition coefficient (Wildman–Crippen LogP) is 7.37. The van der Waals surface area contributed by atoms with Crippen LogP contribution in [0.2, 0.25) is 0 Å². The Morgan fingerprint density at radius 1 is 1.08 bits per heavy atom. The maximum absolute atomic E-state index is 13.6. The second kappa shape index (κ2) is 17.3. The SMILES string of the molecule is C.CC.COC(=O)c1ccc(C2CN(CC(F)F)CCN2Cc2c(OC)cc(C)c3c2ccn3C(=O)OC(C)(C)C)cc1NCC1COC1. The normalized spacial score (nSPS) is 17.1. The van der Waals surface area contributed by atoms with E-state index in [1.165, 1.54) is 11.7 Å². The van der Waals surface area contributed by atoms with E-state index in [2.05, 4.69) is 10.2 Å². The van der Waals surface area contributed by atoms with Crippen LogP contribution in [0.1, 0.15) is 75.1 Å². The van der Waals surface area contributed by atoms with Crippen LogP contribution >= 0.6 is 0 Å². The molecule has 10 nitrogen and oxygen atoms in total. The molecule has 0 amide bonds. The number of carbonyl (C=O) groups excluding carboxylic acids is 2. The zero-order valence-electron chi connectivity index (χ0n) is 29.4. The Morgan fingerprint density at radius 3 is 2.39 bits per heavy atom. The number of aromatic nitrogens is 1. The van der Waals surface area contributed by atoms with Gasteiger partial charge in [0.15, 0.2) is 0 Å². The molecule has 2 saturated heterocycles. The molecule has 3 aromatic rings. The highest BCUT2D eigenvalue weighted by atomic mass is 19.3. The molecule has 1 atom stereocenters. The number of methoxy groups -OCH3 is 2. The first-order chi connectivity index (χ1) is 22.9. The van der Waals surface area contributed by atoms with Crippen molar-refractivity contribution >= 4 is 28.7 Å². The summed E-state index contributed by atoms with van der Waals surface area (Å²) in [7, 11) is 2.96. The molecule has 2 aliphatic heterocycles. The second-order valence-corrected chi connectivity index (χ2v) is 13.0. The van der Waals surface area contributed by atoms with Crippen LogP contribution in [0.25, 0.3) is 10.9 Å². The number of carbonyl (C=O) groups is 2. The molecule has 2 fully saturated rings. The molecule has 1 N–H and O–H groups in total. The summed E-state index contributed by atoms with van der Waals surface area (Å²) in [5, 5.41) is 4.25. The molecule has 12 heteroatoms. The van der Waals surface area contributed by atoms with Crippen molar-refractivity contribution < 1.29 is 37.3 Å². The molecule has 2 aromatic carbocycles. The molecule has 1 aromatic heterocycles. The maximum Gasteiger partial charge on any atom is 0.419 e. The molecule has 49 heavy (non-hydrogen) atoms. The number of piperazine rings is 1. The highest BCUT2D eigenvalue weighted by Crippen LogP contribution is 2.37. The molecule has 0 spiro atoms. The summed E-state index contributed by atoms with van der Waals surface area (Å²) in [5.41, 5.74) is 3.73. The molecule has 1 unspecified atom stereocenters. The van der Waals surface area contributed by atoms with E-state index in [0.29, 0.717) is 68.9 Å². The molecule has 3 heterocycles. The summed E-state index contributed by atoms with van der Waals surface area (Å²) < 4.78 is 50.5. The van der Waals surface area contributed by atoms with Crippen molar-refractivity contribution in [1.82, 2.24) is 14.4 Å². The van der Waals surface area contributed by atoms with Crippen molar-refractivity contribution in [3.8, 4) is 5.75 Å². The van der Waals surface area contributed by atoms with E-state index < -0.39 is 24.1 Å². The van der Waals surface area contributed by atoms with Gasteiger partial charge in [0.1, 0.15) is 11.4 Å². The van der Waals surface area contributed by atoms with E-state index >= 15 is 0 Å². The average Bonchev–Trinajstić information content (AvgIpc) is 3.48. The number of hydrogen-bond donors (Lipinski definition) is 1. The number of hydrogen-bond acceptors (Lipinski definition) is 9. The summed E-state index contributed by atoms with van der Waals surface area (Å²) in [6, 6.07) is 9.06. The Balaban J connectivity index is 0.00000213. The number of benzene rings is 2. The van der Waals surface area contributed by atoms with E-state index in [-0.39, 0.29) is 20.0 Å². The van der Waals surface area contributed by atoms with E-state index in [9.17, 15) is 18.4 Å². The number of anilines is 1. The summed E-state index contributed by atoms with van der Waals surface area (Å²) in [6.45, 7) is 14.8. The molecule has 0 radical (unpaired) electrons. The zero-order valence-corrected chi connectivity index (χ0v) is 29.4. The van der Waals surface area contributed by atoms with Crippen molar-refractivity contribution in [1.29, 1.82) is 0 Å². The summed E-state index contributed by atoms with van der Waals surface area (Å²) in [6.07, 6.45) is -1.22. The lowest BCUT2D eigenvalue weighted by Gasteiger charge is -2.42. The Labute approximate surface area is 289 Å². The fourth-order valence-electron chi connectivity index (χ4n) is 6.18. The monoisotopic (exact) mass is 688 g/mol. The summed E-state index contributed by atoms with van der Waals surface area (Å²) in [4.78, 5) is 29.8. The standard InChI is InChI=1S/C34H44F2N4O6.C2H6.CH4/c1-21-13-29(43-5)26(24-9-10-40(31(21)24)33(42)46-34(2,3)4)16-39-12-11-38(18-30(35)36)17-28(39)23-7-8-25(32(41)44-6)27(14-23)37-15-22-19-45-20-22;1-2;/h7-10,13-14,22,28,30,37H,11-12,15-20H2,1-6H3;1-2H3;1H4. The molecule has 0 bridgehead atoms. The maximum atomic E-state index is 13.6. The van der Waals surface area contributed by atoms with Crippen LogP contribution in [0, 0.1) is 12.8 Å². The molecular weight excluding hydrogens is 634 g/mol. The van der Waals surface area contributed by atoms with Crippen LogP contribution in [0.4, 0.5) is 19.3 Å². The van der Waals surface area contributed by atoms with Crippen molar-refractivity contribution in [2.45, 2.75) is 73.6 Å². The number of aryl methyl sites for hydroxylation is 1. The van der Waals surface area contributed by atoms with Crippen LogP contribution in [0.15, 0.2) is 36.5 Å². The minimum Gasteiger partial charge on any atom is -0.496 e. The number of ether oxygens (including phenoxy) is 4. The first kappa shape index (κ1) is 39.7. The number of rotatable bonds is 10. The highest BCUT2D eigenvalue weighted by molar-refractivity contribution is 5.96. The van der Waals surface area contributed by atoms with Gasteiger partial charge >= 0.3 is 12.1 Å². The van der Waals surface area contributed by atoms with Crippen molar-refractivity contribution in [3.05, 3.63) is 58.8 Å². The molecule has 0 saturated carbocycles. The van der Waals surface area contributed by atoms with Gasteiger partial charge < -0.3 is 24.3 Å². The molecule has 5 rings (SSSR count). The van der Waals surface area contributed by atoms with Gasteiger partial charge in [-0.15, -0.1) is 0 Å². The molecule has 2 aliphatic rings. The highest BCUT2D eigenvalue weighted by Gasteiger charge is 2.32. The number of nitrogens with zero attached hydrogens (tertiary/aromatic N) is 3. The third-order valence-corrected chi connectivity index (χ3v) is 8.49. The molecule has 272 valence electrons. The first-order valence-corrected chi connectivity index (χ1v) is 16.6. The van der Waals surface area contributed by atoms with Crippen LogP contribution in [0.5, 0.6) is 5.75 Å². The molecular formula is C37H54F2N4O6. The van der Waals surface area contributed by atoms with Gasteiger partial charge in [-0.1, -0.05) is 27.3 Å². The van der Waals surface area contributed by atoms with Crippen molar-refractivity contribution in [2.24, 2.45) is 5.92 Å². The van der Waals surface area contributed by atoms with Gasteiger partial charge in [0.25, 0.3) is 6.43 Å². The number of alkyl halides is 2. The van der Waals surface area contributed by atoms with Gasteiger partial charge in [-0.05, 0) is 63.1 Å². The van der Waals surface area contributed by atoms with Gasteiger partial charge in [0, 0.05) is 67.5 Å². The van der Waals surface area contributed by atoms with Crippen LogP contribution in [0.3, 0.4) is 0 Å². The van der Waals surface area contributed by atoms with Gasteiger partial charge in [-0.3, -0.25) is 14.4 Å². The van der Waals surface area contributed by atoms with Gasteiger partial charge in [0.05, 0.1) is 45.1 Å². The fraction of sp³-hybridized carbons (Fsp3) is 0.568. The predicted molar refractivity (Wildman–Crippen MR) is 189 cm³/mol. The third-order valence-electron chi connectivity index (χ3n) is 8.49. The lowest BCUT2D eigenvalue weighted by atomic mass is 9.97. The minimum absolute atomic E-state index is 0. The summed E-state index contributed by atoms with van der Waals surface area (Å²) >= 11 is 0. The Kier molecular flexibility index (Phi) is 14.0. The van der Waals surface area contributed by atoms with Crippen LogP contribution in [-0.4, -0.2) is 98.6 Å². The van der Waals surface area contributed by atoms with E-state index in [0.717, 1.165) is 27.6 Å². The van der Waals surface area contributed by atoms with E-state index in [1.807, 2.05) is 65.8 Å². The summed E-state index contributed by atoms with van der Waals surface area (Å²) in [5.74, 6) is 0.554. The number of fused-ring (bicyclic) bond motifs is 1. The van der Waals surface area contributed by atoms with Crippen LogP contribution in [-0.2, 0) is 20.8 Å². The van der Waals surface area contributed by atoms with Crippen LogP contribution < -0.4 is 10.1 Å².